The minimum atomic E-state index is -0.286. The summed E-state index contributed by atoms with van der Waals surface area (Å²) in [6.07, 6.45) is 2.59. The molecule has 0 aromatic carbocycles. The highest BCUT2D eigenvalue weighted by Crippen LogP contribution is 2.24. The number of esters is 1. The Balaban J connectivity index is 2.91. The van der Waals surface area contributed by atoms with Gasteiger partial charge in [-0.3, -0.25) is 4.79 Å². The van der Waals surface area contributed by atoms with Gasteiger partial charge in [-0.2, -0.15) is 0 Å². The van der Waals surface area contributed by atoms with E-state index in [1.54, 1.807) is 19.4 Å². The fraction of sp³-hybridized carbons (Fsp3) is 0.500. The second-order valence-electron chi connectivity index (χ2n) is 3.53. The van der Waals surface area contributed by atoms with Crippen molar-refractivity contribution >= 4 is 11.8 Å². The van der Waals surface area contributed by atoms with E-state index >= 15 is 0 Å². The summed E-state index contributed by atoms with van der Waals surface area (Å²) < 4.78 is 9.90. The molecule has 5 nitrogen and oxygen atoms in total. The number of pyridine rings is 1. The van der Waals surface area contributed by atoms with Gasteiger partial charge in [0.25, 0.3) is 0 Å². The highest BCUT2D eigenvalue weighted by molar-refractivity contribution is 5.76. The second kappa shape index (κ2) is 6.73. The zero-order valence-corrected chi connectivity index (χ0v) is 10.5. The van der Waals surface area contributed by atoms with Crippen molar-refractivity contribution < 1.29 is 14.3 Å². The normalized spacial score (nSPS) is 9.82. The van der Waals surface area contributed by atoms with Crippen molar-refractivity contribution in [3.8, 4) is 5.75 Å². The third-order valence-corrected chi connectivity index (χ3v) is 2.31. The monoisotopic (exact) mass is 238 g/mol. The number of hydrogen-bond donors (Lipinski definition) is 0. The Morgan fingerprint density at radius 1 is 1.47 bits per heavy atom. The summed E-state index contributed by atoms with van der Waals surface area (Å²) >= 11 is 0. The first-order chi connectivity index (χ1) is 8.22. The first kappa shape index (κ1) is 13.3. The topological polar surface area (TPSA) is 51.7 Å². The molecule has 0 bridgehead atoms. The molecule has 0 aliphatic heterocycles. The molecule has 0 N–H and O–H groups in total. The lowest BCUT2D eigenvalue weighted by Gasteiger charge is -2.23. The van der Waals surface area contributed by atoms with Crippen LogP contribution in [-0.4, -0.2) is 38.3 Å². The van der Waals surface area contributed by atoms with Crippen LogP contribution in [0.25, 0.3) is 0 Å². The average Bonchev–Trinajstić information content (AvgIpc) is 2.38. The van der Waals surface area contributed by atoms with Gasteiger partial charge in [-0.15, -0.1) is 0 Å². The molecule has 0 aliphatic carbocycles. The van der Waals surface area contributed by atoms with Crippen LogP contribution >= 0.6 is 0 Å². The van der Waals surface area contributed by atoms with Crippen molar-refractivity contribution in [1.29, 1.82) is 0 Å². The number of nitrogens with zero attached hydrogens (tertiary/aromatic N) is 2. The molecule has 5 heteroatoms. The number of anilines is 1. The molecule has 0 radical (unpaired) electrons. The number of hydrogen-bond acceptors (Lipinski definition) is 5. The zero-order chi connectivity index (χ0) is 12.7. The predicted molar refractivity (Wildman–Crippen MR) is 65.3 cm³/mol. The largest absolute Gasteiger partial charge is 0.493 e. The molecule has 94 valence electrons. The lowest BCUT2D eigenvalue weighted by Crippen LogP contribution is -2.32. The summed E-state index contributed by atoms with van der Waals surface area (Å²) in [5.74, 6) is 1.04. The Morgan fingerprint density at radius 3 is 2.82 bits per heavy atom. The first-order valence-corrected chi connectivity index (χ1v) is 5.53. The smallest absolute Gasteiger partial charge is 0.325 e. The minimum absolute atomic E-state index is 0.178. The van der Waals surface area contributed by atoms with E-state index in [2.05, 4.69) is 9.72 Å². The molecule has 0 spiro atoms. The van der Waals surface area contributed by atoms with Gasteiger partial charge in [0, 0.05) is 12.7 Å². The van der Waals surface area contributed by atoms with Crippen LogP contribution in [0.4, 0.5) is 5.82 Å². The first-order valence-electron chi connectivity index (χ1n) is 5.53. The van der Waals surface area contributed by atoms with E-state index in [-0.39, 0.29) is 12.5 Å². The molecule has 0 amide bonds. The predicted octanol–water partition coefficient (Wildman–Crippen LogP) is 1.48. The minimum Gasteiger partial charge on any atom is -0.493 e. The molecular weight excluding hydrogens is 220 g/mol. The van der Waals surface area contributed by atoms with E-state index in [1.165, 1.54) is 7.11 Å². The molecule has 0 aliphatic rings. The second-order valence-corrected chi connectivity index (χ2v) is 3.53. The van der Waals surface area contributed by atoms with Crippen molar-refractivity contribution in [2.45, 2.75) is 13.3 Å². The van der Waals surface area contributed by atoms with Crippen LogP contribution in [0.1, 0.15) is 13.3 Å². The van der Waals surface area contributed by atoms with E-state index in [9.17, 15) is 4.79 Å². The van der Waals surface area contributed by atoms with Crippen LogP contribution in [0.3, 0.4) is 0 Å². The molecule has 0 unspecified atom stereocenters. The molecule has 1 heterocycles. The number of ether oxygens (including phenoxy) is 2. The van der Waals surface area contributed by atoms with Crippen molar-refractivity contribution in [3.05, 3.63) is 18.3 Å². The highest BCUT2D eigenvalue weighted by Gasteiger charge is 2.16. The number of methoxy groups -OCH3 is 2. The summed E-state index contributed by atoms with van der Waals surface area (Å²) in [4.78, 5) is 17.4. The van der Waals surface area contributed by atoms with Gasteiger partial charge in [0.1, 0.15) is 6.54 Å². The summed E-state index contributed by atoms with van der Waals surface area (Å²) in [7, 11) is 2.96. The van der Waals surface area contributed by atoms with Gasteiger partial charge in [-0.05, 0) is 18.6 Å². The highest BCUT2D eigenvalue weighted by atomic mass is 16.5. The molecule has 0 saturated heterocycles. The van der Waals surface area contributed by atoms with Gasteiger partial charge in [-0.1, -0.05) is 6.92 Å². The Kier molecular flexibility index (Phi) is 5.26. The quantitative estimate of drug-likeness (QED) is 0.703. The molecular formula is C12H18N2O3. The lowest BCUT2D eigenvalue weighted by molar-refractivity contribution is -0.138. The van der Waals surface area contributed by atoms with E-state index in [1.807, 2.05) is 17.9 Å². The molecule has 17 heavy (non-hydrogen) atoms. The van der Waals surface area contributed by atoms with Crippen molar-refractivity contribution in [2.75, 3.05) is 32.2 Å². The Labute approximate surface area is 101 Å². The molecule has 1 aromatic rings. The SMILES string of the molecule is CCCN(CC(=O)OC)c1ncccc1OC. The molecule has 1 rings (SSSR count). The summed E-state index contributed by atoms with van der Waals surface area (Å²) in [6.45, 7) is 2.94. The zero-order valence-electron chi connectivity index (χ0n) is 10.5. The van der Waals surface area contributed by atoms with E-state index in [0.717, 1.165) is 13.0 Å². The standard InChI is InChI=1S/C12H18N2O3/c1-4-8-14(9-11(15)17-3)12-10(16-2)6-5-7-13-12/h5-7H,4,8-9H2,1-3H3. The van der Waals surface area contributed by atoms with Crippen LogP contribution < -0.4 is 9.64 Å². The fourth-order valence-electron chi connectivity index (χ4n) is 1.53. The van der Waals surface area contributed by atoms with Crippen LogP contribution in [0.2, 0.25) is 0 Å². The van der Waals surface area contributed by atoms with E-state index in [4.69, 9.17) is 4.74 Å². The summed E-state index contributed by atoms with van der Waals surface area (Å²) in [6, 6.07) is 3.62. The lowest BCUT2D eigenvalue weighted by atomic mass is 10.3. The summed E-state index contributed by atoms with van der Waals surface area (Å²) in [5, 5.41) is 0. The van der Waals surface area contributed by atoms with Gasteiger partial charge >= 0.3 is 5.97 Å². The fourth-order valence-corrected chi connectivity index (χ4v) is 1.53. The molecule has 0 saturated carbocycles. The third kappa shape index (κ3) is 3.62. The molecule has 0 fully saturated rings. The van der Waals surface area contributed by atoms with Gasteiger partial charge in [0.2, 0.25) is 0 Å². The maximum absolute atomic E-state index is 11.3. The summed E-state index contributed by atoms with van der Waals surface area (Å²) in [5.41, 5.74) is 0. The maximum atomic E-state index is 11.3. The molecule has 1 aromatic heterocycles. The van der Waals surface area contributed by atoms with Gasteiger partial charge in [-0.25, -0.2) is 4.98 Å². The van der Waals surface area contributed by atoms with Crippen LogP contribution in [0.15, 0.2) is 18.3 Å². The number of rotatable bonds is 6. The van der Waals surface area contributed by atoms with Crippen LogP contribution in [-0.2, 0) is 9.53 Å². The van der Waals surface area contributed by atoms with Crippen LogP contribution in [0.5, 0.6) is 5.75 Å². The Hall–Kier alpha value is -1.78. The third-order valence-electron chi connectivity index (χ3n) is 2.31. The van der Waals surface area contributed by atoms with Gasteiger partial charge < -0.3 is 14.4 Å². The number of aromatic nitrogens is 1. The maximum Gasteiger partial charge on any atom is 0.325 e. The van der Waals surface area contributed by atoms with Crippen molar-refractivity contribution in [1.82, 2.24) is 4.98 Å². The number of carbonyl (C=O) groups is 1. The van der Waals surface area contributed by atoms with Gasteiger partial charge in [0.15, 0.2) is 11.6 Å². The van der Waals surface area contributed by atoms with Gasteiger partial charge in [0.05, 0.1) is 14.2 Å². The van der Waals surface area contributed by atoms with Crippen LogP contribution in [0, 0.1) is 0 Å². The Morgan fingerprint density at radius 2 is 2.24 bits per heavy atom. The number of carbonyl (C=O) groups excluding carboxylic acids is 1. The van der Waals surface area contributed by atoms with E-state index in [0.29, 0.717) is 11.6 Å². The average molecular weight is 238 g/mol. The van der Waals surface area contributed by atoms with Crippen molar-refractivity contribution in [3.63, 3.8) is 0 Å². The van der Waals surface area contributed by atoms with Crippen molar-refractivity contribution in [2.24, 2.45) is 0 Å². The Bertz CT molecular complexity index is 369. The molecule has 0 atom stereocenters. The van der Waals surface area contributed by atoms with E-state index < -0.39 is 0 Å².